The van der Waals surface area contributed by atoms with Gasteiger partial charge in [0.25, 0.3) is 5.91 Å². The molecule has 146 valence electrons. The molecule has 1 saturated heterocycles. The highest BCUT2D eigenvalue weighted by Gasteiger charge is 2.29. The van der Waals surface area contributed by atoms with E-state index in [1.54, 1.807) is 12.0 Å². The minimum absolute atomic E-state index is 0.130. The normalized spacial score (nSPS) is 17.3. The SMILES string of the molecule is COCc1nc(OC)c2c(C)c(C(=O)N3CCOC(CC(=O)O)C3)sc2n1. The van der Waals surface area contributed by atoms with Gasteiger partial charge < -0.3 is 24.2 Å². The number of hydrogen-bond acceptors (Lipinski definition) is 8. The zero-order chi connectivity index (χ0) is 19.6. The number of methoxy groups -OCH3 is 2. The first-order chi connectivity index (χ1) is 12.9. The summed E-state index contributed by atoms with van der Waals surface area (Å²) >= 11 is 1.28. The van der Waals surface area contributed by atoms with Gasteiger partial charge in [0.15, 0.2) is 5.82 Å². The third-order valence-corrected chi connectivity index (χ3v) is 5.47. The summed E-state index contributed by atoms with van der Waals surface area (Å²) in [5, 5.41) is 9.66. The Morgan fingerprint density at radius 2 is 2.15 bits per heavy atom. The predicted octanol–water partition coefficient (Wildman–Crippen LogP) is 1.47. The van der Waals surface area contributed by atoms with Crippen LogP contribution in [0.4, 0.5) is 0 Å². The lowest BCUT2D eigenvalue weighted by Gasteiger charge is -2.32. The maximum absolute atomic E-state index is 13.1. The second-order valence-corrected chi connectivity index (χ2v) is 7.16. The number of hydrogen-bond donors (Lipinski definition) is 1. The van der Waals surface area contributed by atoms with Gasteiger partial charge in [-0.15, -0.1) is 11.3 Å². The Morgan fingerprint density at radius 3 is 2.81 bits per heavy atom. The predicted molar refractivity (Wildman–Crippen MR) is 97.3 cm³/mol. The lowest BCUT2D eigenvalue weighted by Crippen LogP contribution is -2.46. The Kier molecular flexibility index (Phi) is 5.88. The molecule has 3 rings (SSSR count). The van der Waals surface area contributed by atoms with Crippen molar-refractivity contribution in [2.45, 2.75) is 26.1 Å². The summed E-state index contributed by atoms with van der Waals surface area (Å²) in [6.45, 7) is 3.06. The van der Waals surface area contributed by atoms with Crippen molar-refractivity contribution < 1.29 is 28.9 Å². The summed E-state index contributed by atoms with van der Waals surface area (Å²) in [4.78, 5) is 35.6. The van der Waals surface area contributed by atoms with Crippen LogP contribution in [-0.4, -0.2) is 71.9 Å². The second-order valence-electron chi connectivity index (χ2n) is 6.16. The minimum Gasteiger partial charge on any atom is -0.481 e. The van der Waals surface area contributed by atoms with Crippen LogP contribution in [0.3, 0.4) is 0 Å². The van der Waals surface area contributed by atoms with Crippen LogP contribution in [0.5, 0.6) is 5.88 Å². The number of carboxylic acids is 1. The Balaban J connectivity index is 1.92. The molecule has 0 aromatic carbocycles. The average molecular weight is 395 g/mol. The molecule has 0 radical (unpaired) electrons. The largest absolute Gasteiger partial charge is 0.481 e. The van der Waals surface area contributed by atoms with Crippen LogP contribution in [0.15, 0.2) is 0 Å². The third kappa shape index (κ3) is 4.02. The highest BCUT2D eigenvalue weighted by atomic mass is 32.1. The zero-order valence-corrected chi connectivity index (χ0v) is 16.2. The lowest BCUT2D eigenvalue weighted by atomic mass is 10.1. The first-order valence-electron chi connectivity index (χ1n) is 8.40. The van der Waals surface area contributed by atoms with Gasteiger partial charge in [-0.05, 0) is 12.5 Å². The van der Waals surface area contributed by atoms with E-state index in [2.05, 4.69) is 9.97 Å². The highest BCUT2D eigenvalue weighted by molar-refractivity contribution is 7.20. The van der Waals surface area contributed by atoms with Crippen LogP contribution in [0, 0.1) is 6.92 Å². The van der Waals surface area contributed by atoms with Gasteiger partial charge in [-0.1, -0.05) is 0 Å². The van der Waals surface area contributed by atoms with Gasteiger partial charge in [0.1, 0.15) is 11.4 Å². The van der Waals surface area contributed by atoms with Crippen LogP contribution in [0.25, 0.3) is 10.2 Å². The Labute approximate surface area is 159 Å². The quantitative estimate of drug-likeness (QED) is 0.783. The van der Waals surface area contributed by atoms with E-state index < -0.39 is 12.1 Å². The number of carbonyl (C=O) groups excluding carboxylic acids is 1. The summed E-state index contributed by atoms with van der Waals surface area (Å²) < 4.78 is 15.9. The van der Waals surface area contributed by atoms with E-state index in [4.69, 9.17) is 19.3 Å². The molecular formula is C17H21N3O6S. The molecule has 0 saturated carbocycles. The number of fused-ring (bicyclic) bond motifs is 1. The van der Waals surface area contributed by atoms with Crippen LogP contribution in [0.1, 0.15) is 27.5 Å². The monoisotopic (exact) mass is 395 g/mol. The minimum atomic E-state index is -0.946. The maximum Gasteiger partial charge on any atom is 0.306 e. The zero-order valence-electron chi connectivity index (χ0n) is 15.4. The number of morpholine rings is 1. The van der Waals surface area contributed by atoms with Crippen LogP contribution in [-0.2, 0) is 20.9 Å². The third-order valence-electron chi connectivity index (χ3n) is 4.29. The lowest BCUT2D eigenvalue weighted by molar-refractivity contribution is -0.141. The number of amides is 1. The molecule has 2 aromatic heterocycles. The van der Waals surface area contributed by atoms with Gasteiger partial charge in [0.05, 0.1) is 36.5 Å². The smallest absolute Gasteiger partial charge is 0.306 e. The molecule has 0 spiro atoms. The van der Waals surface area contributed by atoms with E-state index in [9.17, 15) is 9.59 Å². The molecule has 2 aromatic rings. The van der Waals surface area contributed by atoms with Crippen molar-refractivity contribution in [3.63, 3.8) is 0 Å². The molecule has 0 aliphatic carbocycles. The van der Waals surface area contributed by atoms with E-state index in [1.165, 1.54) is 18.4 Å². The first-order valence-corrected chi connectivity index (χ1v) is 9.21. The summed E-state index contributed by atoms with van der Waals surface area (Å²) in [6, 6.07) is 0. The second kappa shape index (κ2) is 8.15. The van der Waals surface area contributed by atoms with E-state index in [0.717, 1.165) is 5.56 Å². The molecule has 1 aliphatic rings. The molecule has 27 heavy (non-hydrogen) atoms. The number of carboxylic acid groups (broad SMARTS) is 1. The summed E-state index contributed by atoms with van der Waals surface area (Å²) in [7, 11) is 3.08. The molecule has 0 bridgehead atoms. The fraction of sp³-hybridized carbons (Fsp3) is 0.529. The van der Waals surface area contributed by atoms with Crippen molar-refractivity contribution in [1.82, 2.24) is 14.9 Å². The molecule has 1 amide bonds. The molecule has 1 fully saturated rings. The van der Waals surface area contributed by atoms with E-state index >= 15 is 0 Å². The van der Waals surface area contributed by atoms with Gasteiger partial charge in [-0.25, -0.2) is 4.98 Å². The van der Waals surface area contributed by atoms with Gasteiger partial charge in [-0.3, -0.25) is 9.59 Å². The first kappa shape index (κ1) is 19.5. The molecule has 1 atom stereocenters. The van der Waals surface area contributed by atoms with Gasteiger partial charge in [0.2, 0.25) is 5.88 Å². The number of ether oxygens (including phenoxy) is 3. The molecular weight excluding hydrogens is 374 g/mol. The number of nitrogens with zero attached hydrogens (tertiary/aromatic N) is 3. The van der Waals surface area contributed by atoms with Gasteiger partial charge in [0, 0.05) is 20.2 Å². The van der Waals surface area contributed by atoms with E-state index in [1.807, 2.05) is 6.92 Å². The molecule has 3 heterocycles. The van der Waals surface area contributed by atoms with Crippen molar-refractivity contribution in [3.8, 4) is 5.88 Å². The van der Waals surface area contributed by atoms with Crippen LogP contribution >= 0.6 is 11.3 Å². The average Bonchev–Trinajstić information content (AvgIpc) is 2.97. The fourth-order valence-electron chi connectivity index (χ4n) is 3.06. The standard InChI is InChI=1S/C17H21N3O6S/c1-9-13-15(25-3)18-11(8-24-2)19-16(13)27-14(9)17(23)20-4-5-26-10(7-20)6-12(21)22/h10H,4-8H2,1-3H3,(H,21,22). The highest BCUT2D eigenvalue weighted by Crippen LogP contribution is 2.36. The Morgan fingerprint density at radius 1 is 1.37 bits per heavy atom. The maximum atomic E-state index is 13.1. The number of rotatable bonds is 6. The number of thiophene rings is 1. The Bertz CT molecular complexity index is 868. The molecule has 1 unspecified atom stereocenters. The van der Waals surface area contributed by atoms with E-state index in [-0.39, 0.29) is 25.5 Å². The van der Waals surface area contributed by atoms with Crippen molar-refractivity contribution >= 4 is 33.4 Å². The van der Waals surface area contributed by atoms with Gasteiger partial charge >= 0.3 is 5.97 Å². The topological polar surface area (TPSA) is 111 Å². The van der Waals surface area contributed by atoms with Gasteiger partial charge in [-0.2, -0.15) is 4.98 Å². The van der Waals surface area contributed by atoms with Crippen LogP contribution < -0.4 is 4.74 Å². The van der Waals surface area contributed by atoms with Crippen molar-refractivity contribution in [2.75, 3.05) is 33.9 Å². The molecule has 10 heteroatoms. The van der Waals surface area contributed by atoms with Crippen molar-refractivity contribution in [1.29, 1.82) is 0 Å². The number of carbonyl (C=O) groups is 2. The van der Waals surface area contributed by atoms with Crippen molar-refractivity contribution in [3.05, 3.63) is 16.3 Å². The molecule has 1 N–H and O–H groups in total. The summed E-state index contributed by atoms with van der Waals surface area (Å²) in [5.74, 6) is -0.219. The fourth-order valence-corrected chi connectivity index (χ4v) is 4.21. The molecule has 9 nitrogen and oxygen atoms in total. The Hall–Kier alpha value is -2.30. The van der Waals surface area contributed by atoms with E-state index in [0.29, 0.717) is 39.9 Å². The van der Waals surface area contributed by atoms with Crippen LogP contribution in [0.2, 0.25) is 0 Å². The number of aromatic nitrogens is 2. The van der Waals surface area contributed by atoms with Crippen molar-refractivity contribution in [2.24, 2.45) is 0 Å². The number of aliphatic carboxylic acids is 1. The molecule has 1 aliphatic heterocycles. The summed E-state index contributed by atoms with van der Waals surface area (Å²) in [6.07, 6.45) is -0.632. The summed E-state index contributed by atoms with van der Waals surface area (Å²) in [5.41, 5.74) is 0.752. The number of aryl methyl sites for hydroxylation is 1.